The van der Waals surface area contributed by atoms with Gasteiger partial charge in [0.25, 0.3) is 0 Å². The highest BCUT2D eigenvalue weighted by Crippen LogP contribution is 2.31. The monoisotopic (exact) mass is 418 g/mol. The highest BCUT2D eigenvalue weighted by atomic mass is 16.5. The Labute approximate surface area is 192 Å². The van der Waals surface area contributed by atoms with E-state index in [2.05, 4.69) is 37.5 Å². The number of rotatable bonds is 11. The topological polar surface area (TPSA) is 9.23 Å². The summed E-state index contributed by atoms with van der Waals surface area (Å²) in [4.78, 5) is 0. The third-order valence-electron chi connectivity index (χ3n) is 6.19. The van der Waals surface area contributed by atoms with E-state index in [1.54, 1.807) is 0 Å². The first-order valence-corrected chi connectivity index (χ1v) is 12.7. The zero-order valence-electron chi connectivity index (χ0n) is 19.9. The second kappa shape index (κ2) is 16.6. The molecule has 0 atom stereocenters. The molecule has 1 aliphatic rings. The standard InChI is InChI=1S/C30H42O/c1-3-5-7-8-11-15-27-18-20-28(21-19-27)16-12-9-10-13-17-29-22-24-30(25-23-29)31-26-14-6-4-2/h9-10,22-25,27-28H,3-8,11,14-15,18-21,26H2,1-2H3/b10-9+/t27-,28-. The number of unbranched alkanes of at least 4 members (excludes halogenated alkanes) is 6. The van der Waals surface area contributed by atoms with E-state index in [0.717, 1.165) is 30.3 Å². The van der Waals surface area contributed by atoms with Gasteiger partial charge in [-0.15, -0.1) is 0 Å². The Morgan fingerprint density at radius 3 is 2.23 bits per heavy atom. The molecular formula is C30H42O. The Bertz CT molecular complexity index is 727. The molecule has 1 saturated carbocycles. The number of hydrogen-bond acceptors (Lipinski definition) is 1. The maximum atomic E-state index is 5.74. The first kappa shape index (κ1) is 25.1. The van der Waals surface area contributed by atoms with Crippen LogP contribution in [0.2, 0.25) is 0 Å². The summed E-state index contributed by atoms with van der Waals surface area (Å²) in [5, 5.41) is 0. The summed E-state index contributed by atoms with van der Waals surface area (Å²) in [6.45, 7) is 5.28. The second-order valence-corrected chi connectivity index (χ2v) is 8.89. The maximum Gasteiger partial charge on any atom is 0.119 e. The summed E-state index contributed by atoms with van der Waals surface area (Å²) in [5.41, 5.74) is 1.01. The van der Waals surface area contributed by atoms with E-state index >= 15 is 0 Å². The van der Waals surface area contributed by atoms with Crippen LogP contribution in [0.1, 0.15) is 103 Å². The summed E-state index contributed by atoms with van der Waals surface area (Å²) < 4.78 is 5.74. The van der Waals surface area contributed by atoms with Crippen molar-refractivity contribution in [2.45, 2.75) is 97.3 Å². The Morgan fingerprint density at radius 1 is 0.806 bits per heavy atom. The van der Waals surface area contributed by atoms with Crippen molar-refractivity contribution in [3.05, 3.63) is 42.0 Å². The highest BCUT2D eigenvalue weighted by Gasteiger charge is 2.19. The van der Waals surface area contributed by atoms with E-state index in [0.29, 0.717) is 5.92 Å². The van der Waals surface area contributed by atoms with Gasteiger partial charge in [0.15, 0.2) is 0 Å². The van der Waals surface area contributed by atoms with Gasteiger partial charge in [-0.2, -0.15) is 0 Å². The lowest BCUT2D eigenvalue weighted by Crippen LogP contribution is -2.13. The third kappa shape index (κ3) is 11.7. The quantitative estimate of drug-likeness (QED) is 0.259. The minimum atomic E-state index is 0.582. The minimum Gasteiger partial charge on any atom is -0.494 e. The Morgan fingerprint density at radius 2 is 1.48 bits per heavy atom. The number of hydrogen-bond donors (Lipinski definition) is 0. The summed E-state index contributed by atoms with van der Waals surface area (Å²) in [6, 6.07) is 8.04. The van der Waals surface area contributed by atoms with Crippen molar-refractivity contribution in [2.24, 2.45) is 11.8 Å². The fourth-order valence-corrected chi connectivity index (χ4v) is 4.18. The minimum absolute atomic E-state index is 0.582. The van der Waals surface area contributed by atoms with Gasteiger partial charge in [-0.1, -0.05) is 88.9 Å². The molecule has 0 radical (unpaired) electrons. The van der Waals surface area contributed by atoms with Gasteiger partial charge in [-0.3, -0.25) is 0 Å². The van der Waals surface area contributed by atoms with Crippen LogP contribution < -0.4 is 4.74 Å². The predicted octanol–water partition coefficient (Wildman–Crippen LogP) is 8.33. The normalized spacial score (nSPS) is 18.1. The molecule has 1 aliphatic carbocycles. The van der Waals surface area contributed by atoms with E-state index in [1.807, 2.05) is 36.4 Å². The lowest BCUT2D eigenvalue weighted by atomic mass is 9.80. The molecule has 0 aliphatic heterocycles. The summed E-state index contributed by atoms with van der Waals surface area (Å²) >= 11 is 0. The van der Waals surface area contributed by atoms with Gasteiger partial charge in [-0.25, -0.2) is 0 Å². The van der Waals surface area contributed by atoms with Crippen LogP contribution in [0.15, 0.2) is 36.4 Å². The Kier molecular flexibility index (Phi) is 13.4. The highest BCUT2D eigenvalue weighted by molar-refractivity contribution is 5.40. The average molecular weight is 419 g/mol. The molecule has 168 valence electrons. The fraction of sp³-hybridized carbons (Fsp3) is 0.600. The van der Waals surface area contributed by atoms with Crippen LogP contribution >= 0.6 is 0 Å². The van der Waals surface area contributed by atoms with E-state index in [1.165, 1.54) is 77.0 Å². The SMILES string of the molecule is CCCCCCC[C@H]1CC[C@H](C#C/C=C/C#Cc2ccc(OCCCCC)cc2)CC1. The number of allylic oxidation sites excluding steroid dienone is 2. The van der Waals surface area contributed by atoms with Gasteiger partial charge in [0.2, 0.25) is 0 Å². The van der Waals surface area contributed by atoms with Gasteiger partial charge in [-0.05, 0) is 74.4 Å². The van der Waals surface area contributed by atoms with Gasteiger partial charge in [0.1, 0.15) is 5.75 Å². The molecule has 0 bridgehead atoms. The molecule has 0 aromatic heterocycles. The maximum absolute atomic E-state index is 5.74. The van der Waals surface area contributed by atoms with Crippen LogP contribution in [-0.4, -0.2) is 6.61 Å². The van der Waals surface area contributed by atoms with Crippen molar-refractivity contribution in [3.63, 3.8) is 0 Å². The number of benzene rings is 1. The summed E-state index contributed by atoms with van der Waals surface area (Å²) in [7, 11) is 0. The Balaban J connectivity index is 1.62. The van der Waals surface area contributed by atoms with Gasteiger partial charge in [0, 0.05) is 11.5 Å². The lowest BCUT2D eigenvalue weighted by molar-refractivity contribution is 0.294. The van der Waals surface area contributed by atoms with E-state index in [4.69, 9.17) is 4.74 Å². The predicted molar refractivity (Wildman–Crippen MR) is 134 cm³/mol. The zero-order chi connectivity index (χ0) is 22.0. The van der Waals surface area contributed by atoms with Crippen LogP contribution in [-0.2, 0) is 0 Å². The summed E-state index contributed by atoms with van der Waals surface area (Å²) in [6.07, 6.45) is 21.1. The molecule has 0 spiro atoms. The molecular weight excluding hydrogens is 376 g/mol. The molecule has 1 fully saturated rings. The zero-order valence-corrected chi connectivity index (χ0v) is 19.9. The largest absolute Gasteiger partial charge is 0.494 e. The van der Waals surface area contributed by atoms with Crippen molar-refractivity contribution >= 4 is 0 Å². The third-order valence-corrected chi connectivity index (χ3v) is 6.19. The van der Waals surface area contributed by atoms with Crippen molar-refractivity contribution in [1.29, 1.82) is 0 Å². The van der Waals surface area contributed by atoms with Crippen LogP contribution in [0.4, 0.5) is 0 Å². The fourth-order valence-electron chi connectivity index (χ4n) is 4.18. The van der Waals surface area contributed by atoms with E-state index < -0.39 is 0 Å². The molecule has 1 nitrogen and oxygen atoms in total. The van der Waals surface area contributed by atoms with Gasteiger partial charge in [0.05, 0.1) is 6.61 Å². The van der Waals surface area contributed by atoms with Crippen LogP contribution in [0.25, 0.3) is 0 Å². The van der Waals surface area contributed by atoms with Crippen molar-refractivity contribution in [2.75, 3.05) is 6.61 Å². The lowest BCUT2D eigenvalue weighted by Gasteiger charge is -2.25. The molecule has 0 unspecified atom stereocenters. The first-order chi connectivity index (χ1) is 15.3. The molecule has 2 rings (SSSR count). The molecule has 1 heteroatoms. The van der Waals surface area contributed by atoms with Gasteiger partial charge >= 0.3 is 0 Å². The average Bonchev–Trinajstić information content (AvgIpc) is 2.80. The molecule has 1 aromatic carbocycles. The van der Waals surface area contributed by atoms with Crippen LogP contribution in [0.3, 0.4) is 0 Å². The summed E-state index contributed by atoms with van der Waals surface area (Å²) in [5.74, 6) is 15.4. The molecule has 0 N–H and O–H groups in total. The smallest absolute Gasteiger partial charge is 0.119 e. The molecule has 0 heterocycles. The van der Waals surface area contributed by atoms with Crippen LogP contribution in [0.5, 0.6) is 5.75 Å². The van der Waals surface area contributed by atoms with E-state index in [-0.39, 0.29) is 0 Å². The molecule has 0 amide bonds. The molecule has 0 saturated heterocycles. The number of ether oxygens (including phenoxy) is 1. The van der Waals surface area contributed by atoms with Gasteiger partial charge < -0.3 is 4.74 Å². The van der Waals surface area contributed by atoms with Crippen molar-refractivity contribution in [1.82, 2.24) is 0 Å². The van der Waals surface area contributed by atoms with E-state index in [9.17, 15) is 0 Å². The molecule has 31 heavy (non-hydrogen) atoms. The Hall–Kier alpha value is -2.12. The first-order valence-electron chi connectivity index (χ1n) is 12.7. The van der Waals surface area contributed by atoms with Crippen molar-refractivity contribution < 1.29 is 4.74 Å². The van der Waals surface area contributed by atoms with Crippen LogP contribution in [0, 0.1) is 35.5 Å². The van der Waals surface area contributed by atoms with Crippen molar-refractivity contribution in [3.8, 4) is 29.4 Å². The second-order valence-electron chi connectivity index (χ2n) is 8.89. The molecule has 1 aromatic rings.